The van der Waals surface area contributed by atoms with Gasteiger partial charge in [-0.3, -0.25) is 5.84 Å². The largest absolute Gasteiger partial charge is 0.493 e. The highest BCUT2D eigenvalue weighted by Gasteiger charge is 2.18. The highest BCUT2D eigenvalue weighted by Crippen LogP contribution is 2.32. The summed E-state index contributed by atoms with van der Waals surface area (Å²) < 4.78 is 6.73. The first-order chi connectivity index (χ1) is 10.1. The van der Waals surface area contributed by atoms with Gasteiger partial charge in [0, 0.05) is 10.9 Å². The van der Waals surface area contributed by atoms with Crippen LogP contribution in [-0.2, 0) is 6.42 Å². The topological polar surface area (TPSA) is 47.3 Å². The summed E-state index contributed by atoms with van der Waals surface area (Å²) in [6.07, 6.45) is 0.971. The molecule has 0 fully saturated rings. The van der Waals surface area contributed by atoms with Crippen LogP contribution < -0.4 is 16.0 Å². The maximum atomic E-state index is 5.83. The molecule has 3 nitrogen and oxygen atoms in total. The number of aryl methyl sites for hydroxylation is 2. The molecule has 0 radical (unpaired) electrons. The molecule has 0 bridgehead atoms. The van der Waals surface area contributed by atoms with Gasteiger partial charge in [0.2, 0.25) is 0 Å². The molecule has 110 valence electrons. The lowest BCUT2D eigenvalue weighted by atomic mass is 9.94. The fraction of sp³-hybridized carbons (Fsp3) is 0.294. The molecule has 3 N–H and O–H groups in total. The van der Waals surface area contributed by atoms with E-state index in [-0.39, 0.29) is 6.04 Å². The lowest BCUT2D eigenvalue weighted by molar-refractivity contribution is 0.357. The van der Waals surface area contributed by atoms with Crippen molar-refractivity contribution in [2.45, 2.75) is 26.3 Å². The number of nitrogens with two attached hydrogens (primary N) is 1. The van der Waals surface area contributed by atoms with Crippen molar-refractivity contribution >= 4 is 15.9 Å². The van der Waals surface area contributed by atoms with Gasteiger partial charge < -0.3 is 4.74 Å². The van der Waals surface area contributed by atoms with Gasteiger partial charge in [0.1, 0.15) is 5.75 Å². The van der Waals surface area contributed by atoms with Crippen molar-refractivity contribution < 1.29 is 4.74 Å². The quantitative estimate of drug-likeness (QED) is 0.659. The molecule has 0 amide bonds. The minimum absolute atomic E-state index is 0.0126. The third-order valence-corrected chi connectivity index (χ3v) is 5.26. The minimum atomic E-state index is -0.0126. The van der Waals surface area contributed by atoms with Crippen LogP contribution in [0.2, 0.25) is 0 Å². The van der Waals surface area contributed by atoms with Gasteiger partial charge in [0.05, 0.1) is 12.6 Å². The van der Waals surface area contributed by atoms with Crippen molar-refractivity contribution in [3.8, 4) is 5.75 Å². The van der Waals surface area contributed by atoms with E-state index in [1.807, 2.05) is 6.07 Å². The van der Waals surface area contributed by atoms with Crippen LogP contribution in [0.3, 0.4) is 0 Å². The summed E-state index contributed by atoms with van der Waals surface area (Å²) >= 11 is 3.61. The summed E-state index contributed by atoms with van der Waals surface area (Å²) in [5.41, 5.74) is 8.99. The monoisotopic (exact) mass is 346 g/mol. The molecular formula is C17H19BrN2O. The number of nitrogens with one attached hydrogen (secondary N) is 1. The number of halogens is 1. The number of hydrogen-bond acceptors (Lipinski definition) is 3. The predicted octanol–water partition coefficient (Wildman–Crippen LogP) is 3.55. The van der Waals surface area contributed by atoms with Gasteiger partial charge in [-0.2, -0.15) is 0 Å². The smallest absolute Gasteiger partial charge is 0.122 e. The van der Waals surface area contributed by atoms with E-state index in [1.165, 1.54) is 27.8 Å². The van der Waals surface area contributed by atoms with E-state index >= 15 is 0 Å². The van der Waals surface area contributed by atoms with E-state index in [0.29, 0.717) is 0 Å². The van der Waals surface area contributed by atoms with Crippen molar-refractivity contribution in [2.24, 2.45) is 5.84 Å². The Hall–Kier alpha value is -1.36. The van der Waals surface area contributed by atoms with Gasteiger partial charge in [-0.15, -0.1) is 0 Å². The van der Waals surface area contributed by atoms with E-state index in [4.69, 9.17) is 10.6 Å². The molecule has 0 spiro atoms. The molecule has 0 saturated carbocycles. The molecule has 21 heavy (non-hydrogen) atoms. The molecule has 0 aliphatic carbocycles. The number of fused-ring (bicyclic) bond motifs is 1. The number of hydrogen-bond donors (Lipinski definition) is 2. The van der Waals surface area contributed by atoms with E-state index < -0.39 is 0 Å². The van der Waals surface area contributed by atoms with Gasteiger partial charge in [-0.25, -0.2) is 5.43 Å². The van der Waals surface area contributed by atoms with Crippen LogP contribution in [-0.4, -0.2) is 6.61 Å². The standard InChI is InChI=1S/C17H19BrN2O/c1-10-7-14(8-11(2)16(10)18)17(20-19)13-3-4-15-12(9-13)5-6-21-15/h3-4,7-9,17,20H,5-6,19H2,1-2H3. The summed E-state index contributed by atoms with van der Waals surface area (Å²) in [7, 11) is 0. The second-order valence-corrected chi connectivity index (χ2v) is 6.33. The van der Waals surface area contributed by atoms with Crippen molar-refractivity contribution in [2.75, 3.05) is 6.61 Å². The first-order valence-electron chi connectivity index (χ1n) is 7.08. The van der Waals surface area contributed by atoms with Gasteiger partial charge in [-0.1, -0.05) is 40.2 Å². The zero-order valence-corrected chi connectivity index (χ0v) is 13.8. The van der Waals surface area contributed by atoms with Gasteiger partial charge in [0.25, 0.3) is 0 Å². The van der Waals surface area contributed by atoms with Crippen LogP contribution in [0.1, 0.15) is 33.9 Å². The molecular weight excluding hydrogens is 328 g/mol. The second kappa shape index (κ2) is 5.79. The van der Waals surface area contributed by atoms with Gasteiger partial charge >= 0.3 is 0 Å². The Bertz CT molecular complexity index is 661. The molecule has 0 saturated heterocycles. The van der Waals surface area contributed by atoms with Crippen molar-refractivity contribution in [3.63, 3.8) is 0 Å². The van der Waals surface area contributed by atoms with Crippen molar-refractivity contribution in [1.82, 2.24) is 5.43 Å². The Labute approximate surface area is 133 Å². The Kier molecular flexibility index (Phi) is 4.02. The maximum absolute atomic E-state index is 5.83. The molecule has 1 unspecified atom stereocenters. The highest BCUT2D eigenvalue weighted by atomic mass is 79.9. The Morgan fingerprint density at radius 2 is 1.86 bits per heavy atom. The Balaban J connectivity index is 2.02. The van der Waals surface area contributed by atoms with Gasteiger partial charge in [0.15, 0.2) is 0 Å². The first-order valence-corrected chi connectivity index (χ1v) is 7.88. The lowest BCUT2D eigenvalue weighted by Gasteiger charge is -2.19. The van der Waals surface area contributed by atoms with Crippen LogP contribution in [0.25, 0.3) is 0 Å². The zero-order valence-electron chi connectivity index (χ0n) is 12.2. The third-order valence-electron chi connectivity index (χ3n) is 4.01. The maximum Gasteiger partial charge on any atom is 0.122 e. The summed E-state index contributed by atoms with van der Waals surface area (Å²) in [6.45, 7) is 4.98. The van der Waals surface area contributed by atoms with Gasteiger partial charge in [-0.05, 0) is 47.7 Å². The molecule has 1 aliphatic heterocycles. The zero-order chi connectivity index (χ0) is 15.0. The van der Waals surface area contributed by atoms with Crippen LogP contribution >= 0.6 is 15.9 Å². The number of ether oxygens (including phenoxy) is 1. The number of hydrazine groups is 1. The van der Waals surface area contributed by atoms with Crippen LogP contribution in [0.5, 0.6) is 5.75 Å². The normalized spacial score (nSPS) is 14.7. The molecule has 4 heteroatoms. The molecule has 2 aromatic carbocycles. The Morgan fingerprint density at radius 3 is 2.52 bits per heavy atom. The molecule has 1 atom stereocenters. The highest BCUT2D eigenvalue weighted by molar-refractivity contribution is 9.10. The van der Waals surface area contributed by atoms with Crippen LogP contribution in [0, 0.1) is 13.8 Å². The Morgan fingerprint density at radius 1 is 1.14 bits per heavy atom. The average molecular weight is 347 g/mol. The summed E-state index contributed by atoms with van der Waals surface area (Å²) in [5, 5.41) is 0. The summed E-state index contributed by atoms with van der Waals surface area (Å²) in [4.78, 5) is 0. The SMILES string of the molecule is Cc1cc(C(NN)c2ccc3c(c2)CCO3)cc(C)c1Br. The molecule has 3 rings (SSSR count). The first kappa shape index (κ1) is 14.6. The average Bonchev–Trinajstić information content (AvgIpc) is 2.93. The predicted molar refractivity (Wildman–Crippen MR) is 88.4 cm³/mol. The van der Waals surface area contributed by atoms with Crippen LogP contribution in [0.4, 0.5) is 0 Å². The molecule has 0 aromatic heterocycles. The van der Waals surface area contributed by atoms with Crippen molar-refractivity contribution in [1.29, 1.82) is 0 Å². The minimum Gasteiger partial charge on any atom is -0.493 e. The fourth-order valence-electron chi connectivity index (χ4n) is 2.92. The van der Waals surface area contributed by atoms with Crippen molar-refractivity contribution in [3.05, 3.63) is 62.6 Å². The number of rotatable bonds is 3. The summed E-state index contributed by atoms with van der Waals surface area (Å²) in [6, 6.07) is 10.7. The molecule has 1 heterocycles. The number of benzene rings is 2. The molecule has 2 aromatic rings. The third kappa shape index (κ3) is 2.71. The van der Waals surface area contributed by atoms with E-state index in [9.17, 15) is 0 Å². The van der Waals surface area contributed by atoms with E-state index in [1.54, 1.807) is 0 Å². The second-order valence-electron chi connectivity index (χ2n) is 5.53. The molecule has 1 aliphatic rings. The van der Waals surface area contributed by atoms with E-state index in [0.717, 1.165) is 23.2 Å². The van der Waals surface area contributed by atoms with E-state index in [2.05, 4.69) is 59.5 Å². The fourth-order valence-corrected chi connectivity index (χ4v) is 3.15. The summed E-state index contributed by atoms with van der Waals surface area (Å²) in [5.74, 6) is 6.83. The van der Waals surface area contributed by atoms with Crippen LogP contribution in [0.15, 0.2) is 34.8 Å². The lowest BCUT2D eigenvalue weighted by Crippen LogP contribution is -2.29.